The first-order chi connectivity index (χ1) is 8.54. The van der Waals surface area contributed by atoms with E-state index in [0.717, 1.165) is 24.4 Å². The number of rotatable bonds is 8. The molecular formula is C11H18F3N3S. The molecule has 0 aromatic carbocycles. The number of alkyl halides is 3. The summed E-state index contributed by atoms with van der Waals surface area (Å²) in [7, 11) is 0. The maximum atomic E-state index is 12.2. The van der Waals surface area contributed by atoms with Gasteiger partial charge in [0.15, 0.2) is 0 Å². The quantitative estimate of drug-likeness (QED) is 0.721. The molecule has 0 saturated heterocycles. The molecule has 0 fully saturated rings. The van der Waals surface area contributed by atoms with Gasteiger partial charge < -0.3 is 5.32 Å². The fraction of sp³-hybridized carbons (Fsp3) is 0.818. The molecule has 7 heteroatoms. The minimum atomic E-state index is -4.45. The van der Waals surface area contributed by atoms with Gasteiger partial charge in [-0.15, -0.1) is 0 Å². The van der Waals surface area contributed by atoms with Gasteiger partial charge in [-0.05, 0) is 6.42 Å². The number of hydrogen-bond acceptors (Lipinski definition) is 4. The van der Waals surface area contributed by atoms with Crippen molar-refractivity contribution in [3.8, 4) is 0 Å². The van der Waals surface area contributed by atoms with Gasteiger partial charge >= 0.3 is 6.18 Å². The fourth-order valence-corrected chi connectivity index (χ4v) is 2.12. The van der Waals surface area contributed by atoms with Gasteiger partial charge in [0.05, 0.1) is 0 Å². The van der Waals surface area contributed by atoms with Crippen LogP contribution in [0.5, 0.6) is 0 Å². The van der Waals surface area contributed by atoms with Crippen molar-refractivity contribution in [1.29, 1.82) is 0 Å². The molecule has 18 heavy (non-hydrogen) atoms. The van der Waals surface area contributed by atoms with Crippen molar-refractivity contribution in [2.24, 2.45) is 0 Å². The van der Waals surface area contributed by atoms with Crippen molar-refractivity contribution in [3.63, 3.8) is 0 Å². The van der Waals surface area contributed by atoms with E-state index in [2.05, 4.69) is 21.6 Å². The summed E-state index contributed by atoms with van der Waals surface area (Å²) < 4.78 is 39.9. The van der Waals surface area contributed by atoms with Gasteiger partial charge in [-0.2, -0.15) is 22.5 Å². The van der Waals surface area contributed by atoms with Crippen LogP contribution in [0.3, 0.4) is 0 Å². The molecule has 0 amide bonds. The second kappa shape index (κ2) is 7.56. The molecule has 1 heterocycles. The Morgan fingerprint density at radius 3 is 2.39 bits per heavy atom. The van der Waals surface area contributed by atoms with Crippen LogP contribution in [0.1, 0.15) is 51.3 Å². The van der Waals surface area contributed by atoms with E-state index < -0.39 is 12.0 Å². The summed E-state index contributed by atoms with van der Waals surface area (Å²) in [4.78, 5) is 3.40. The lowest BCUT2D eigenvalue weighted by Gasteiger charge is -2.02. The molecule has 0 unspecified atom stereocenters. The molecule has 1 rings (SSSR count). The van der Waals surface area contributed by atoms with Crippen LogP contribution in [0.4, 0.5) is 18.3 Å². The predicted octanol–water partition coefficient (Wildman–Crippen LogP) is 4.33. The zero-order chi connectivity index (χ0) is 13.4. The lowest BCUT2D eigenvalue weighted by atomic mass is 10.1. The summed E-state index contributed by atoms with van der Waals surface area (Å²) in [5, 5.41) is 3.12. The van der Waals surface area contributed by atoms with Crippen LogP contribution in [-0.4, -0.2) is 15.9 Å². The van der Waals surface area contributed by atoms with E-state index in [-0.39, 0.29) is 5.13 Å². The summed E-state index contributed by atoms with van der Waals surface area (Å²) in [5.41, 5.74) is 0. The number of nitrogens with one attached hydrogen (secondary N) is 1. The zero-order valence-corrected chi connectivity index (χ0v) is 11.2. The van der Waals surface area contributed by atoms with Gasteiger partial charge in [-0.1, -0.05) is 39.0 Å². The Labute approximate surface area is 109 Å². The molecule has 0 aliphatic carbocycles. The molecule has 0 saturated carbocycles. The second-order valence-corrected chi connectivity index (χ2v) is 4.87. The van der Waals surface area contributed by atoms with Gasteiger partial charge in [-0.3, -0.25) is 0 Å². The second-order valence-electron chi connectivity index (χ2n) is 4.12. The minimum Gasteiger partial charge on any atom is -0.360 e. The van der Waals surface area contributed by atoms with Crippen LogP contribution in [-0.2, 0) is 6.18 Å². The highest BCUT2D eigenvalue weighted by Crippen LogP contribution is 2.28. The predicted molar refractivity (Wildman–Crippen MR) is 66.8 cm³/mol. The molecule has 3 nitrogen and oxygen atoms in total. The number of anilines is 1. The van der Waals surface area contributed by atoms with Gasteiger partial charge in [0.1, 0.15) is 0 Å². The molecule has 0 bridgehead atoms. The first kappa shape index (κ1) is 15.2. The maximum Gasteiger partial charge on any atom is 0.452 e. The van der Waals surface area contributed by atoms with Crippen LogP contribution < -0.4 is 5.32 Å². The summed E-state index contributed by atoms with van der Waals surface area (Å²) in [6, 6.07) is 0. The lowest BCUT2D eigenvalue weighted by molar-refractivity contribution is -0.144. The Balaban J connectivity index is 2.14. The Morgan fingerprint density at radius 1 is 1.11 bits per heavy atom. The Hall–Kier alpha value is -0.850. The molecule has 104 valence electrons. The standard InChI is InChI=1S/C11H18F3N3S/c1-2-3-4-5-6-7-8-15-10-16-9(17-18-10)11(12,13)14/h2-8H2,1H3,(H,15,16,17). The molecule has 1 aromatic rings. The van der Waals surface area contributed by atoms with Crippen LogP contribution in [0, 0.1) is 0 Å². The average molecular weight is 281 g/mol. The molecule has 0 radical (unpaired) electrons. The SMILES string of the molecule is CCCCCCCCNc1nc(C(F)(F)F)ns1. The van der Waals surface area contributed by atoms with Crippen molar-refractivity contribution in [2.45, 2.75) is 51.6 Å². The highest BCUT2D eigenvalue weighted by molar-refractivity contribution is 7.09. The first-order valence-corrected chi connectivity index (χ1v) is 6.96. The Bertz CT molecular complexity index is 339. The lowest BCUT2D eigenvalue weighted by Crippen LogP contribution is -2.08. The third kappa shape index (κ3) is 5.66. The monoisotopic (exact) mass is 281 g/mol. The van der Waals surface area contributed by atoms with Crippen LogP contribution in [0.15, 0.2) is 0 Å². The molecule has 0 aliphatic heterocycles. The van der Waals surface area contributed by atoms with E-state index >= 15 is 0 Å². The number of nitrogens with zero attached hydrogens (tertiary/aromatic N) is 2. The summed E-state index contributed by atoms with van der Waals surface area (Å²) in [6.45, 7) is 2.81. The van der Waals surface area contributed by atoms with E-state index in [1.54, 1.807) is 0 Å². The fourth-order valence-electron chi connectivity index (χ4n) is 1.51. The highest BCUT2D eigenvalue weighted by Gasteiger charge is 2.35. The molecule has 1 aromatic heterocycles. The van der Waals surface area contributed by atoms with Crippen LogP contribution in [0.25, 0.3) is 0 Å². The Morgan fingerprint density at radius 2 is 1.78 bits per heavy atom. The largest absolute Gasteiger partial charge is 0.452 e. The van der Waals surface area contributed by atoms with Crippen molar-refractivity contribution < 1.29 is 13.2 Å². The van der Waals surface area contributed by atoms with Gasteiger partial charge in [-0.25, -0.2) is 0 Å². The number of hydrogen-bond donors (Lipinski definition) is 1. The first-order valence-electron chi connectivity index (χ1n) is 6.19. The summed E-state index contributed by atoms with van der Waals surface area (Å²) in [5.74, 6) is -1.06. The van der Waals surface area contributed by atoms with Gasteiger partial charge in [0, 0.05) is 18.1 Å². The normalized spacial score (nSPS) is 11.8. The van der Waals surface area contributed by atoms with E-state index in [9.17, 15) is 13.2 Å². The van der Waals surface area contributed by atoms with Crippen molar-refractivity contribution in [3.05, 3.63) is 5.82 Å². The van der Waals surface area contributed by atoms with Crippen molar-refractivity contribution in [1.82, 2.24) is 9.36 Å². The highest BCUT2D eigenvalue weighted by atomic mass is 32.1. The van der Waals surface area contributed by atoms with Crippen LogP contribution >= 0.6 is 11.5 Å². The number of unbranched alkanes of at least 4 members (excludes halogenated alkanes) is 5. The molecule has 1 N–H and O–H groups in total. The number of aromatic nitrogens is 2. The molecule has 0 spiro atoms. The van der Waals surface area contributed by atoms with E-state index in [4.69, 9.17) is 0 Å². The van der Waals surface area contributed by atoms with Crippen molar-refractivity contribution in [2.75, 3.05) is 11.9 Å². The molecule has 0 atom stereocenters. The van der Waals surface area contributed by atoms with E-state index in [1.165, 1.54) is 25.7 Å². The zero-order valence-electron chi connectivity index (χ0n) is 10.4. The topological polar surface area (TPSA) is 37.8 Å². The smallest absolute Gasteiger partial charge is 0.360 e. The number of halogens is 3. The summed E-state index contributed by atoms with van der Waals surface area (Å²) in [6.07, 6.45) is 2.47. The third-order valence-corrected chi connectivity index (χ3v) is 3.16. The van der Waals surface area contributed by atoms with Crippen LogP contribution in [0.2, 0.25) is 0 Å². The van der Waals surface area contributed by atoms with E-state index in [1.807, 2.05) is 0 Å². The van der Waals surface area contributed by atoms with E-state index in [0.29, 0.717) is 6.54 Å². The summed E-state index contributed by atoms with van der Waals surface area (Å²) >= 11 is 0.756. The third-order valence-electron chi connectivity index (χ3n) is 2.49. The van der Waals surface area contributed by atoms with Gasteiger partial charge in [0.25, 0.3) is 0 Å². The average Bonchev–Trinajstić information content (AvgIpc) is 2.76. The Kier molecular flexibility index (Phi) is 6.38. The van der Waals surface area contributed by atoms with Crippen molar-refractivity contribution >= 4 is 16.7 Å². The van der Waals surface area contributed by atoms with Gasteiger partial charge in [0.2, 0.25) is 11.0 Å². The maximum absolute atomic E-state index is 12.2. The molecule has 0 aliphatic rings. The molecular weight excluding hydrogens is 263 g/mol. The minimum absolute atomic E-state index is 0.246.